The van der Waals surface area contributed by atoms with Crippen molar-refractivity contribution in [2.75, 3.05) is 13.1 Å². The van der Waals surface area contributed by atoms with Crippen molar-refractivity contribution in [2.24, 2.45) is 5.73 Å². The van der Waals surface area contributed by atoms with Crippen LogP contribution in [0.5, 0.6) is 0 Å². The van der Waals surface area contributed by atoms with Crippen LogP contribution in [0.3, 0.4) is 0 Å². The van der Waals surface area contributed by atoms with Gasteiger partial charge in [0.1, 0.15) is 0 Å². The predicted octanol–water partition coefficient (Wildman–Crippen LogP) is -0.112. The quantitative estimate of drug-likeness (QED) is 0.534. The van der Waals surface area contributed by atoms with Crippen LogP contribution in [-0.2, 0) is 6.42 Å². The second-order valence-electron chi connectivity index (χ2n) is 4.43. The van der Waals surface area contributed by atoms with Gasteiger partial charge in [-0.1, -0.05) is 30.3 Å². The molecule has 0 aromatic heterocycles. The van der Waals surface area contributed by atoms with Crippen molar-refractivity contribution >= 4 is 0 Å². The Morgan fingerprint density at radius 2 is 1.82 bits per heavy atom. The van der Waals surface area contributed by atoms with E-state index in [-0.39, 0.29) is 6.04 Å². The standard InChI is InChI=1S/C13H22N2O2/c1-10(16)8-15-9-13(17)12(14)7-11-5-3-2-4-6-11/h2-6,10,12-13,15-17H,7-9,14H2,1H3/t10?,12-,13+/m0/s1. The third kappa shape index (κ3) is 5.79. The third-order valence-electron chi connectivity index (χ3n) is 2.60. The monoisotopic (exact) mass is 238 g/mol. The van der Waals surface area contributed by atoms with Crippen LogP contribution in [0.2, 0.25) is 0 Å². The molecule has 0 heterocycles. The fourth-order valence-corrected chi connectivity index (χ4v) is 1.61. The van der Waals surface area contributed by atoms with Gasteiger partial charge in [-0.15, -0.1) is 0 Å². The first-order valence-electron chi connectivity index (χ1n) is 5.96. The Balaban J connectivity index is 2.29. The van der Waals surface area contributed by atoms with Crippen molar-refractivity contribution < 1.29 is 10.2 Å². The maximum Gasteiger partial charge on any atom is 0.0818 e. The first kappa shape index (κ1) is 14.1. The summed E-state index contributed by atoms with van der Waals surface area (Å²) >= 11 is 0. The van der Waals surface area contributed by atoms with Crippen LogP contribution in [0.15, 0.2) is 30.3 Å². The second kappa shape index (κ2) is 7.40. The highest BCUT2D eigenvalue weighted by molar-refractivity contribution is 5.16. The lowest BCUT2D eigenvalue weighted by atomic mass is 10.0. The number of rotatable bonds is 7. The Hall–Kier alpha value is -0.940. The Bertz CT molecular complexity index is 304. The van der Waals surface area contributed by atoms with Crippen LogP contribution in [0.1, 0.15) is 12.5 Å². The highest BCUT2D eigenvalue weighted by Gasteiger charge is 2.14. The summed E-state index contributed by atoms with van der Waals surface area (Å²) in [4.78, 5) is 0. The van der Waals surface area contributed by atoms with Crippen molar-refractivity contribution in [1.29, 1.82) is 0 Å². The first-order chi connectivity index (χ1) is 8.09. The number of nitrogens with two attached hydrogens (primary N) is 1. The second-order valence-corrected chi connectivity index (χ2v) is 4.43. The van der Waals surface area contributed by atoms with Crippen molar-refractivity contribution in [2.45, 2.75) is 31.6 Å². The summed E-state index contributed by atoms with van der Waals surface area (Å²) in [5.74, 6) is 0. The van der Waals surface area contributed by atoms with Crippen LogP contribution >= 0.6 is 0 Å². The molecule has 5 N–H and O–H groups in total. The summed E-state index contributed by atoms with van der Waals surface area (Å²) in [6, 6.07) is 9.57. The molecule has 96 valence electrons. The van der Waals surface area contributed by atoms with Gasteiger partial charge in [-0.05, 0) is 18.9 Å². The number of hydrogen-bond donors (Lipinski definition) is 4. The number of hydrogen-bond acceptors (Lipinski definition) is 4. The van der Waals surface area contributed by atoms with Crippen LogP contribution in [0.25, 0.3) is 0 Å². The molecule has 0 aliphatic carbocycles. The molecule has 0 bridgehead atoms. The SMILES string of the molecule is CC(O)CNC[C@@H](O)[C@@H](N)Cc1ccccc1. The lowest BCUT2D eigenvalue weighted by molar-refractivity contribution is 0.131. The number of aliphatic hydroxyl groups is 2. The van der Waals surface area contributed by atoms with E-state index in [0.29, 0.717) is 19.5 Å². The average molecular weight is 238 g/mol. The van der Waals surface area contributed by atoms with E-state index in [2.05, 4.69) is 5.32 Å². The van der Waals surface area contributed by atoms with Gasteiger partial charge in [0, 0.05) is 19.1 Å². The van der Waals surface area contributed by atoms with Crippen molar-refractivity contribution in [3.63, 3.8) is 0 Å². The van der Waals surface area contributed by atoms with E-state index in [1.165, 1.54) is 0 Å². The smallest absolute Gasteiger partial charge is 0.0818 e. The van der Waals surface area contributed by atoms with Gasteiger partial charge >= 0.3 is 0 Å². The Labute approximate surface area is 102 Å². The van der Waals surface area contributed by atoms with Gasteiger partial charge in [0.25, 0.3) is 0 Å². The summed E-state index contributed by atoms with van der Waals surface area (Å²) in [6.45, 7) is 2.57. The van der Waals surface area contributed by atoms with E-state index in [4.69, 9.17) is 10.8 Å². The average Bonchev–Trinajstić information content (AvgIpc) is 2.29. The lowest BCUT2D eigenvalue weighted by Crippen LogP contribution is -2.44. The third-order valence-corrected chi connectivity index (χ3v) is 2.60. The lowest BCUT2D eigenvalue weighted by Gasteiger charge is -2.19. The van der Waals surface area contributed by atoms with Crippen LogP contribution in [0.4, 0.5) is 0 Å². The Kier molecular flexibility index (Phi) is 6.15. The fourth-order valence-electron chi connectivity index (χ4n) is 1.61. The molecule has 1 aromatic rings. The largest absolute Gasteiger partial charge is 0.392 e. The molecule has 0 saturated heterocycles. The Morgan fingerprint density at radius 3 is 2.41 bits per heavy atom. The predicted molar refractivity (Wildman–Crippen MR) is 68.7 cm³/mol. The van der Waals surface area contributed by atoms with E-state index in [1.807, 2.05) is 30.3 Å². The molecule has 0 aliphatic rings. The van der Waals surface area contributed by atoms with Crippen molar-refractivity contribution in [3.8, 4) is 0 Å². The van der Waals surface area contributed by atoms with Gasteiger partial charge in [-0.25, -0.2) is 0 Å². The minimum atomic E-state index is -0.603. The minimum absolute atomic E-state index is 0.293. The highest BCUT2D eigenvalue weighted by atomic mass is 16.3. The molecule has 1 unspecified atom stereocenters. The molecular formula is C13H22N2O2. The summed E-state index contributed by atoms with van der Waals surface area (Å²) in [7, 11) is 0. The maximum atomic E-state index is 9.82. The van der Waals surface area contributed by atoms with E-state index in [1.54, 1.807) is 6.92 Å². The minimum Gasteiger partial charge on any atom is -0.392 e. The molecule has 4 heteroatoms. The Morgan fingerprint density at radius 1 is 1.18 bits per heavy atom. The first-order valence-corrected chi connectivity index (χ1v) is 5.96. The summed E-state index contributed by atoms with van der Waals surface area (Å²) in [5, 5.41) is 21.9. The number of benzene rings is 1. The van der Waals surface area contributed by atoms with Gasteiger partial charge < -0.3 is 21.3 Å². The van der Waals surface area contributed by atoms with Crippen molar-refractivity contribution in [1.82, 2.24) is 5.32 Å². The zero-order valence-corrected chi connectivity index (χ0v) is 10.2. The molecule has 0 amide bonds. The fraction of sp³-hybridized carbons (Fsp3) is 0.538. The van der Waals surface area contributed by atoms with Crippen LogP contribution < -0.4 is 11.1 Å². The van der Waals surface area contributed by atoms with Crippen LogP contribution in [0, 0.1) is 0 Å². The molecule has 4 nitrogen and oxygen atoms in total. The van der Waals surface area contributed by atoms with E-state index >= 15 is 0 Å². The molecule has 17 heavy (non-hydrogen) atoms. The summed E-state index contributed by atoms with van der Waals surface area (Å²) < 4.78 is 0. The van der Waals surface area contributed by atoms with Gasteiger partial charge in [-0.3, -0.25) is 0 Å². The van der Waals surface area contributed by atoms with Crippen molar-refractivity contribution in [3.05, 3.63) is 35.9 Å². The normalized spacial score (nSPS) is 16.5. The summed E-state index contributed by atoms with van der Waals surface area (Å²) in [6.07, 6.45) is -0.361. The van der Waals surface area contributed by atoms with Gasteiger partial charge in [0.2, 0.25) is 0 Å². The topological polar surface area (TPSA) is 78.5 Å². The summed E-state index contributed by atoms with van der Waals surface area (Å²) in [5.41, 5.74) is 7.03. The van der Waals surface area contributed by atoms with Crippen LogP contribution in [-0.4, -0.2) is 41.6 Å². The molecule has 0 fully saturated rings. The molecular weight excluding hydrogens is 216 g/mol. The maximum absolute atomic E-state index is 9.82. The molecule has 1 rings (SSSR count). The number of aliphatic hydroxyl groups excluding tert-OH is 2. The van der Waals surface area contributed by atoms with Gasteiger partial charge in [0.05, 0.1) is 12.2 Å². The molecule has 1 aromatic carbocycles. The van der Waals surface area contributed by atoms with Gasteiger partial charge in [-0.2, -0.15) is 0 Å². The molecule has 0 spiro atoms. The molecule has 0 radical (unpaired) electrons. The molecule has 3 atom stereocenters. The zero-order valence-electron chi connectivity index (χ0n) is 10.2. The zero-order chi connectivity index (χ0) is 12.7. The van der Waals surface area contributed by atoms with E-state index in [9.17, 15) is 5.11 Å². The molecule has 0 saturated carbocycles. The molecule has 0 aliphatic heterocycles. The highest BCUT2D eigenvalue weighted by Crippen LogP contribution is 2.04. The van der Waals surface area contributed by atoms with E-state index in [0.717, 1.165) is 5.56 Å². The number of nitrogens with one attached hydrogen (secondary N) is 1. The van der Waals surface area contributed by atoms with E-state index < -0.39 is 12.2 Å². The van der Waals surface area contributed by atoms with Gasteiger partial charge in [0.15, 0.2) is 0 Å².